The molecule has 0 aliphatic carbocycles. The number of hydrogen-bond donors (Lipinski definition) is 1. The Labute approximate surface area is 387 Å². The summed E-state index contributed by atoms with van der Waals surface area (Å²) in [4.78, 5) is 97.2. The van der Waals surface area contributed by atoms with Gasteiger partial charge in [-0.25, -0.2) is 4.57 Å². The van der Waals surface area contributed by atoms with Crippen LogP contribution in [0.4, 0.5) is 0 Å². The zero-order valence-electron chi connectivity index (χ0n) is 39.8. The average molecular weight is 969 g/mol. The Morgan fingerprint density at radius 1 is 0.439 bits per heavy atom. The van der Waals surface area contributed by atoms with Gasteiger partial charge in [-0.1, -0.05) is 103 Å². The lowest BCUT2D eigenvalue weighted by Crippen LogP contribution is -2.67. The van der Waals surface area contributed by atoms with Crippen LogP contribution in [0.25, 0.3) is 0 Å². The van der Waals surface area contributed by atoms with Gasteiger partial charge in [0, 0.05) is 48.5 Å². The quantitative estimate of drug-likeness (QED) is 0.0361. The maximum atomic E-state index is 13.4. The molecule has 380 valence electrons. The Balaban J connectivity index is 2.28. The molecule has 1 N–H and O–H groups in total. The summed E-state index contributed by atoms with van der Waals surface area (Å²) in [6.45, 7) is 7.85. The van der Waals surface area contributed by atoms with Crippen molar-refractivity contribution in [3.63, 3.8) is 0 Å². The molecule has 66 heavy (non-hydrogen) atoms. The fourth-order valence-electron chi connectivity index (χ4n) is 7.55. The van der Waals surface area contributed by atoms with Crippen LogP contribution in [0.5, 0.6) is 0 Å². The van der Waals surface area contributed by atoms with Crippen molar-refractivity contribution >= 4 is 49.6 Å². The Bertz CT molecular complexity index is 1570. The van der Waals surface area contributed by atoms with Crippen molar-refractivity contribution in [1.82, 2.24) is 0 Å². The van der Waals surface area contributed by atoms with Gasteiger partial charge in [0.05, 0.1) is 6.61 Å². The molecule has 0 saturated carbocycles. The van der Waals surface area contributed by atoms with Crippen LogP contribution in [0.15, 0.2) is 0 Å². The predicted molar refractivity (Wildman–Crippen MR) is 230 cm³/mol. The molecular formula is C44H73O21P. The van der Waals surface area contributed by atoms with Crippen molar-refractivity contribution in [2.45, 2.75) is 220 Å². The molecule has 2 heterocycles. The number of esters is 7. The van der Waals surface area contributed by atoms with Crippen LogP contribution in [-0.2, 0) is 94.5 Å². The monoisotopic (exact) mass is 968 g/mol. The van der Waals surface area contributed by atoms with E-state index in [-0.39, 0.29) is 6.61 Å². The van der Waals surface area contributed by atoms with Gasteiger partial charge in [-0.3, -0.25) is 42.6 Å². The van der Waals surface area contributed by atoms with Crippen LogP contribution in [0.2, 0.25) is 0 Å². The van der Waals surface area contributed by atoms with Gasteiger partial charge < -0.3 is 52.3 Å². The van der Waals surface area contributed by atoms with Gasteiger partial charge in [-0.05, 0) is 6.42 Å². The molecule has 1 unspecified atom stereocenters. The first kappa shape index (κ1) is 58.4. The molecule has 11 atom stereocenters. The summed E-state index contributed by atoms with van der Waals surface area (Å²) < 4.78 is 80.1. The van der Waals surface area contributed by atoms with Gasteiger partial charge in [-0.2, -0.15) is 0 Å². The smallest absolute Gasteiger partial charge is 0.463 e. The van der Waals surface area contributed by atoms with E-state index in [0.717, 1.165) is 74.1 Å². The lowest BCUT2D eigenvalue weighted by Gasteiger charge is -2.48. The van der Waals surface area contributed by atoms with E-state index in [9.17, 15) is 43.0 Å². The number of ether oxygens (including phenoxy) is 10. The molecule has 0 bridgehead atoms. The summed E-state index contributed by atoms with van der Waals surface area (Å²) in [6.07, 6.45) is 0.569. The minimum absolute atomic E-state index is 0.184. The summed E-state index contributed by atoms with van der Waals surface area (Å²) in [5.74, 6) is -6.40. The summed E-state index contributed by atoms with van der Waals surface area (Å²) in [5, 5.41) is 0. The third-order valence-electron chi connectivity index (χ3n) is 10.4. The Morgan fingerprint density at radius 3 is 1.18 bits per heavy atom. The molecule has 0 aromatic rings. The molecule has 0 aromatic carbocycles. The van der Waals surface area contributed by atoms with E-state index in [1.54, 1.807) is 0 Å². The molecule has 2 aliphatic heterocycles. The predicted octanol–water partition coefficient (Wildman–Crippen LogP) is 6.00. The van der Waals surface area contributed by atoms with Crippen molar-refractivity contribution in [2.24, 2.45) is 0 Å². The van der Waals surface area contributed by atoms with Crippen LogP contribution in [-0.4, -0.2) is 128 Å². The van der Waals surface area contributed by atoms with E-state index in [2.05, 4.69) is 6.92 Å². The number of rotatable bonds is 31. The zero-order chi connectivity index (χ0) is 49.2. The van der Waals surface area contributed by atoms with Crippen LogP contribution >= 0.6 is 7.82 Å². The summed E-state index contributed by atoms with van der Waals surface area (Å²) >= 11 is 0. The Kier molecular flexibility index (Phi) is 27.7. The molecule has 22 heteroatoms. The van der Waals surface area contributed by atoms with Crippen molar-refractivity contribution in [1.29, 1.82) is 0 Å². The third kappa shape index (κ3) is 23.3. The zero-order valence-corrected chi connectivity index (χ0v) is 40.7. The second kappa shape index (κ2) is 31.3. The molecule has 0 spiro atoms. The topological polar surface area (TPSA) is 268 Å². The molecular weight excluding hydrogens is 895 g/mol. The van der Waals surface area contributed by atoms with Gasteiger partial charge in [-0.15, -0.1) is 0 Å². The van der Waals surface area contributed by atoms with E-state index < -0.39 is 124 Å². The van der Waals surface area contributed by atoms with Gasteiger partial charge in [0.15, 0.2) is 36.8 Å². The van der Waals surface area contributed by atoms with Crippen LogP contribution in [0.1, 0.15) is 158 Å². The van der Waals surface area contributed by atoms with Gasteiger partial charge in [0.2, 0.25) is 6.29 Å². The standard InChI is InChI=1S/C44H73O21P/c1-9-10-11-12-13-14-15-16-17-18-19-20-21-22-23-24-25-56-66(52,53)65-44-42(61-34(8)51)40(59-32(6)49)38(36(63-44)27-55-29(3)46)64-43-41(60-33(7)50)39(58-31(5)48)37(57-30(4)47)35(62-43)26-54-28(2)45/h35-44H,9-27H2,1-8H3,(H,52,53)/t35-,36-,37+,38-,39+,40+,41-,42+,43+,44-/m1/s1. The third-order valence-corrected chi connectivity index (χ3v) is 11.4. The highest BCUT2D eigenvalue weighted by molar-refractivity contribution is 7.47. The maximum absolute atomic E-state index is 13.4. The first-order valence-electron chi connectivity index (χ1n) is 23.0. The maximum Gasteiger partial charge on any atom is 0.474 e. The number of carbonyl (C=O) groups excluding carboxylic acids is 7. The highest BCUT2D eigenvalue weighted by atomic mass is 31.2. The van der Waals surface area contributed by atoms with Crippen molar-refractivity contribution in [3.05, 3.63) is 0 Å². The molecule has 21 nitrogen and oxygen atoms in total. The average Bonchev–Trinajstić information content (AvgIpc) is 3.20. The Morgan fingerprint density at radius 2 is 0.773 bits per heavy atom. The lowest BCUT2D eigenvalue weighted by molar-refractivity contribution is -0.355. The number of hydrogen-bond acceptors (Lipinski definition) is 20. The van der Waals surface area contributed by atoms with Gasteiger partial charge in [0.25, 0.3) is 0 Å². The highest BCUT2D eigenvalue weighted by Crippen LogP contribution is 2.48. The SMILES string of the molecule is CCCCCCCCCCCCCCCCCCOP(=O)(O)O[C@H]1O[C@H](COC(C)=O)[C@@H](O[C@@H]2O[C@H](COC(C)=O)[C@H](OC(C)=O)[C@H](OC(C)=O)[C@H]2OC(C)=O)[C@H](OC(C)=O)[C@@H]1OC(C)=O. The summed E-state index contributed by atoms with van der Waals surface area (Å²) in [5.41, 5.74) is 0. The Hall–Kier alpha value is -3.72. The van der Waals surface area contributed by atoms with Crippen molar-refractivity contribution in [2.75, 3.05) is 19.8 Å². The summed E-state index contributed by atoms with van der Waals surface area (Å²) in [6, 6.07) is 0. The summed E-state index contributed by atoms with van der Waals surface area (Å²) in [7, 11) is -5.02. The van der Waals surface area contributed by atoms with E-state index in [1.165, 1.54) is 64.2 Å². The van der Waals surface area contributed by atoms with Crippen molar-refractivity contribution < 1.29 is 99.4 Å². The molecule has 2 aliphatic rings. The molecule has 0 aromatic heterocycles. The number of unbranched alkanes of at least 4 members (excludes halogenated alkanes) is 15. The fraction of sp³-hybridized carbons (Fsp3) is 0.841. The molecule has 0 amide bonds. The minimum Gasteiger partial charge on any atom is -0.463 e. The minimum atomic E-state index is -5.02. The number of phosphoric ester groups is 1. The van der Waals surface area contributed by atoms with Crippen LogP contribution in [0.3, 0.4) is 0 Å². The molecule has 2 fully saturated rings. The second-order valence-corrected chi connectivity index (χ2v) is 17.8. The second-order valence-electron chi connectivity index (χ2n) is 16.4. The first-order chi connectivity index (χ1) is 31.2. The lowest BCUT2D eigenvalue weighted by atomic mass is 9.96. The van der Waals surface area contributed by atoms with E-state index >= 15 is 0 Å². The first-order valence-corrected chi connectivity index (χ1v) is 24.5. The normalized spacial score (nSPS) is 26.0. The van der Waals surface area contributed by atoms with Crippen molar-refractivity contribution in [3.8, 4) is 0 Å². The van der Waals surface area contributed by atoms with Gasteiger partial charge in [0.1, 0.15) is 31.5 Å². The van der Waals surface area contributed by atoms with E-state index in [4.69, 9.17) is 56.4 Å². The molecule has 2 rings (SSSR count). The largest absolute Gasteiger partial charge is 0.474 e. The molecule has 2 saturated heterocycles. The fourth-order valence-corrected chi connectivity index (χ4v) is 8.40. The van der Waals surface area contributed by atoms with E-state index in [1.807, 2.05) is 0 Å². The molecule has 0 radical (unpaired) electrons. The number of carbonyl (C=O) groups is 7. The van der Waals surface area contributed by atoms with Crippen LogP contribution in [0, 0.1) is 0 Å². The number of phosphoric acid groups is 1. The highest BCUT2D eigenvalue weighted by Gasteiger charge is 2.58. The van der Waals surface area contributed by atoms with Crippen LogP contribution < -0.4 is 0 Å². The van der Waals surface area contributed by atoms with E-state index in [0.29, 0.717) is 12.8 Å². The van der Waals surface area contributed by atoms with Gasteiger partial charge >= 0.3 is 49.6 Å².